The SMILES string of the molecule is CC(C)Cc1nnc(NC(=O)CCCN2C(=O)C(=Cc3ccco3)SC2=S)s1. The number of carbonyl (C=O) groups excluding carboxylic acids is 2. The third-order valence-corrected chi connectivity index (χ3v) is 6.01. The molecule has 7 nitrogen and oxygen atoms in total. The summed E-state index contributed by atoms with van der Waals surface area (Å²) in [6.45, 7) is 4.61. The minimum atomic E-state index is -0.158. The first kappa shape index (κ1) is 20.7. The Hall–Kier alpha value is -2.04. The Morgan fingerprint density at radius 2 is 2.25 bits per heavy atom. The van der Waals surface area contributed by atoms with Gasteiger partial charge in [-0.2, -0.15) is 0 Å². The number of thioether (sulfide) groups is 1. The number of thiocarbonyl (C=S) groups is 1. The topological polar surface area (TPSA) is 88.3 Å². The third-order valence-electron chi connectivity index (χ3n) is 3.77. The van der Waals surface area contributed by atoms with Crippen molar-refractivity contribution in [3.8, 4) is 0 Å². The summed E-state index contributed by atoms with van der Waals surface area (Å²) < 4.78 is 5.73. The molecule has 0 aromatic carbocycles. The largest absolute Gasteiger partial charge is 0.465 e. The molecule has 1 saturated heterocycles. The van der Waals surface area contributed by atoms with E-state index in [1.54, 1.807) is 24.5 Å². The Morgan fingerprint density at radius 3 is 2.96 bits per heavy atom. The Morgan fingerprint density at radius 1 is 1.43 bits per heavy atom. The molecule has 0 radical (unpaired) electrons. The highest BCUT2D eigenvalue weighted by Crippen LogP contribution is 2.32. The van der Waals surface area contributed by atoms with Crippen LogP contribution in [0.2, 0.25) is 0 Å². The van der Waals surface area contributed by atoms with Gasteiger partial charge in [0.05, 0.1) is 11.2 Å². The van der Waals surface area contributed by atoms with E-state index in [9.17, 15) is 9.59 Å². The fraction of sp³-hybridized carbons (Fsp3) is 0.389. The quantitative estimate of drug-likeness (QED) is 0.495. The van der Waals surface area contributed by atoms with Crippen LogP contribution in [-0.2, 0) is 16.0 Å². The summed E-state index contributed by atoms with van der Waals surface area (Å²) in [4.78, 5) is 26.7. The van der Waals surface area contributed by atoms with E-state index in [1.165, 1.54) is 28.0 Å². The highest BCUT2D eigenvalue weighted by molar-refractivity contribution is 8.26. The molecular formula is C18H20N4O3S3. The van der Waals surface area contributed by atoms with E-state index in [-0.39, 0.29) is 18.2 Å². The lowest BCUT2D eigenvalue weighted by molar-refractivity contribution is -0.122. The molecule has 2 amide bonds. The lowest BCUT2D eigenvalue weighted by atomic mass is 10.1. The van der Waals surface area contributed by atoms with Crippen LogP contribution in [-0.4, -0.2) is 37.8 Å². The molecule has 28 heavy (non-hydrogen) atoms. The minimum absolute atomic E-state index is 0.149. The highest BCUT2D eigenvalue weighted by atomic mass is 32.2. The lowest BCUT2D eigenvalue weighted by Gasteiger charge is -2.13. The van der Waals surface area contributed by atoms with Crippen molar-refractivity contribution < 1.29 is 14.0 Å². The maximum atomic E-state index is 12.5. The molecule has 1 fully saturated rings. The molecule has 1 N–H and O–H groups in total. The van der Waals surface area contributed by atoms with Gasteiger partial charge in [0.2, 0.25) is 11.0 Å². The van der Waals surface area contributed by atoms with Gasteiger partial charge in [-0.1, -0.05) is 49.2 Å². The molecule has 148 valence electrons. The van der Waals surface area contributed by atoms with Crippen LogP contribution in [0.4, 0.5) is 5.13 Å². The van der Waals surface area contributed by atoms with Crippen molar-refractivity contribution in [2.75, 3.05) is 11.9 Å². The van der Waals surface area contributed by atoms with Crippen LogP contribution >= 0.6 is 35.3 Å². The van der Waals surface area contributed by atoms with Gasteiger partial charge in [-0.05, 0) is 24.5 Å². The zero-order valence-electron chi connectivity index (χ0n) is 15.5. The van der Waals surface area contributed by atoms with Gasteiger partial charge < -0.3 is 9.73 Å². The first-order valence-corrected chi connectivity index (χ1v) is 10.9. The summed E-state index contributed by atoms with van der Waals surface area (Å²) in [6.07, 6.45) is 4.84. The summed E-state index contributed by atoms with van der Waals surface area (Å²) in [7, 11) is 0. The Balaban J connectivity index is 1.46. The fourth-order valence-corrected chi connectivity index (χ4v) is 4.77. The molecule has 0 atom stereocenters. The summed E-state index contributed by atoms with van der Waals surface area (Å²) in [6, 6.07) is 3.53. The molecule has 1 aliphatic heterocycles. The van der Waals surface area contributed by atoms with Crippen molar-refractivity contribution in [2.24, 2.45) is 5.92 Å². The van der Waals surface area contributed by atoms with Crippen LogP contribution in [0.3, 0.4) is 0 Å². The second-order valence-electron chi connectivity index (χ2n) is 6.60. The van der Waals surface area contributed by atoms with E-state index < -0.39 is 0 Å². The fourth-order valence-electron chi connectivity index (χ4n) is 2.51. The van der Waals surface area contributed by atoms with Gasteiger partial charge in [0.25, 0.3) is 5.91 Å². The Bertz CT molecular complexity index is 890. The number of furan rings is 1. The standard InChI is InChI=1S/C18H20N4O3S3/c1-11(2)9-15-20-21-17(28-15)19-14(23)6-3-7-22-16(24)13(27-18(22)26)10-12-5-4-8-25-12/h4-5,8,10-11H,3,6-7,9H2,1-2H3,(H,19,21,23). The van der Waals surface area contributed by atoms with Crippen LogP contribution in [0.5, 0.6) is 0 Å². The second kappa shape index (κ2) is 9.44. The number of carbonyl (C=O) groups is 2. The predicted molar refractivity (Wildman–Crippen MR) is 115 cm³/mol. The number of amides is 2. The van der Waals surface area contributed by atoms with Crippen molar-refractivity contribution in [3.63, 3.8) is 0 Å². The third kappa shape index (κ3) is 5.49. The molecule has 0 saturated carbocycles. The number of nitrogens with one attached hydrogen (secondary N) is 1. The number of aromatic nitrogens is 2. The molecule has 0 aliphatic carbocycles. The average molecular weight is 437 g/mol. The van der Waals surface area contributed by atoms with Crippen molar-refractivity contribution >= 4 is 62.7 Å². The van der Waals surface area contributed by atoms with Gasteiger partial charge in [-0.25, -0.2) is 0 Å². The molecule has 3 heterocycles. The lowest BCUT2D eigenvalue weighted by Crippen LogP contribution is -2.29. The molecule has 0 spiro atoms. The molecule has 0 unspecified atom stereocenters. The molecule has 3 rings (SSSR count). The van der Waals surface area contributed by atoms with Gasteiger partial charge in [0, 0.05) is 25.5 Å². The van der Waals surface area contributed by atoms with E-state index >= 15 is 0 Å². The first-order valence-electron chi connectivity index (χ1n) is 8.83. The van der Waals surface area contributed by atoms with E-state index in [4.69, 9.17) is 16.6 Å². The molecule has 2 aromatic rings. The molecular weight excluding hydrogens is 416 g/mol. The van der Waals surface area contributed by atoms with E-state index in [0.717, 1.165) is 11.4 Å². The summed E-state index contributed by atoms with van der Waals surface area (Å²) in [5, 5.41) is 12.3. The first-order chi connectivity index (χ1) is 13.4. The maximum absolute atomic E-state index is 12.5. The zero-order valence-corrected chi connectivity index (χ0v) is 18.0. The van der Waals surface area contributed by atoms with Crippen LogP contribution in [0, 0.1) is 5.92 Å². The van der Waals surface area contributed by atoms with E-state index in [2.05, 4.69) is 29.4 Å². The van der Waals surface area contributed by atoms with E-state index in [0.29, 0.717) is 39.0 Å². The number of hydrogen-bond acceptors (Lipinski definition) is 8. The van der Waals surface area contributed by atoms with Crippen LogP contribution in [0.1, 0.15) is 37.5 Å². The Labute approximate surface area is 176 Å². The molecule has 10 heteroatoms. The maximum Gasteiger partial charge on any atom is 0.266 e. The normalized spacial score (nSPS) is 15.8. The van der Waals surface area contributed by atoms with Crippen LogP contribution < -0.4 is 5.32 Å². The number of nitrogens with zero attached hydrogens (tertiary/aromatic N) is 3. The number of rotatable bonds is 8. The van der Waals surface area contributed by atoms with Gasteiger partial charge >= 0.3 is 0 Å². The smallest absolute Gasteiger partial charge is 0.266 e. The van der Waals surface area contributed by atoms with Crippen LogP contribution in [0.15, 0.2) is 27.7 Å². The average Bonchev–Trinajstić information content (AvgIpc) is 3.33. The monoisotopic (exact) mass is 436 g/mol. The number of anilines is 1. The van der Waals surface area contributed by atoms with Crippen molar-refractivity contribution in [2.45, 2.75) is 33.1 Å². The Kier molecular flexibility index (Phi) is 6.97. The predicted octanol–water partition coefficient (Wildman–Crippen LogP) is 3.95. The van der Waals surface area contributed by atoms with Crippen molar-refractivity contribution in [3.05, 3.63) is 34.1 Å². The highest BCUT2D eigenvalue weighted by Gasteiger charge is 2.31. The van der Waals surface area contributed by atoms with Gasteiger partial charge in [-0.15, -0.1) is 10.2 Å². The summed E-state index contributed by atoms with van der Waals surface area (Å²) in [5.74, 6) is 0.787. The van der Waals surface area contributed by atoms with Gasteiger partial charge in [-0.3, -0.25) is 14.5 Å². The molecule has 2 aromatic heterocycles. The zero-order chi connectivity index (χ0) is 20.1. The minimum Gasteiger partial charge on any atom is -0.465 e. The number of hydrogen-bond donors (Lipinski definition) is 1. The summed E-state index contributed by atoms with van der Waals surface area (Å²) >= 11 is 7.92. The molecule has 0 bridgehead atoms. The van der Waals surface area contributed by atoms with Crippen molar-refractivity contribution in [1.29, 1.82) is 0 Å². The second-order valence-corrected chi connectivity index (χ2v) is 9.34. The van der Waals surface area contributed by atoms with Gasteiger partial charge in [0.15, 0.2) is 0 Å². The van der Waals surface area contributed by atoms with Crippen LogP contribution in [0.25, 0.3) is 6.08 Å². The summed E-state index contributed by atoms with van der Waals surface area (Å²) in [5.41, 5.74) is 0. The van der Waals surface area contributed by atoms with E-state index in [1.807, 2.05) is 0 Å². The molecule has 1 aliphatic rings. The van der Waals surface area contributed by atoms with Crippen molar-refractivity contribution in [1.82, 2.24) is 15.1 Å². The van der Waals surface area contributed by atoms with Gasteiger partial charge in [0.1, 0.15) is 15.1 Å².